The van der Waals surface area contributed by atoms with Gasteiger partial charge in [-0.05, 0) is 43.7 Å². The number of benzene rings is 1. The van der Waals surface area contributed by atoms with E-state index in [0.717, 1.165) is 36.1 Å². The van der Waals surface area contributed by atoms with Crippen LogP contribution in [0, 0.1) is 5.92 Å². The monoisotopic (exact) mass is 291 g/mol. The molecule has 2 rings (SSSR count). The number of amides is 1. The summed E-state index contributed by atoms with van der Waals surface area (Å²) in [6.07, 6.45) is 1.56. The summed E-state index contributed by atoms with van der Waals surface area (Å²) in [4.78, 5) is 12.0. The van der Waals surface area contributed by atoms with Gasteiger partial charge in [0.1, 0.15) is 5.75 Å². The fourth-order valence-corrected chi connectivity index (χ4v) is 2.58. The van der Waals surface area contributed by atoms with Crippen LogP contribution in [0.1, 0.15) is 50.8 Å². The van der Waals surface area contributed by atoms with E-state index in [-0.39, 0.29) is 5.91 Å². The molecule has 4 nitrogen and oxygen atoms in total. The molecular weight excluding hydrogens is 266 g/mol. The smallest absolute Gasteiger partial charge is 0.260 e. The molecule has 0 fully saturated rings. The average Bonchev–Trinajstić information content (AvgIpc) is 2.81. The Morgan fingerprint density at radius 2 is 2.19 bits per heavy atom. The highest BCUT2D eigenvalue weighted by molar-refractivity contribution is 5.80. The summed E-state index contributed by atoms with van der Waals surface area (Å²) in [6.45, 7) is 6.70. The van der Waals surface area contributed by atoms with Gasteiger partial charge in [0, 0.05) is 12.1 Å². The molecule has 1 aliphatic rings. The molecule has 1 aromatic carbocycles. The van der Waals surface area contributed by atoms with Crippen LogP contribution in [-0.2, 0) is 11.2 Å². The Morgan fingerprint density at radius 3 is 2.90 bits per heavy atom. The summed E-state index contributed by atoms with van der Waals surface area (Å²) in [5, 5.41) is 12.8. The highest BCUT2D eigenvalue weighted by atomic mass is 16.5. The van der Waals surface area contributed by atoms with Crippen molar-refractivity contribution in [1.82, 2.24) is 5.32 Å². The predicted molar refractivity (Wildman–Crippen MR) is 82.3 cm³/mol. The number of nitrogens with one attached hydrogen (secondary N) is 1. The second kappa shape index (κ2) is 6.94. The number of fused-ring (bicyclic) bond motifs is 1. The van der Waals surface area contributed by atoms with Gasteiger partial charge in [-0.15, -0.1) is 0 Å². The minimum absolute atomic E-state index is 0.0909. The van der Waals surface area contributed by atoms with E-state index >= 15 is 0 Å². The van der Waals surface area contributed by atoms with Gasteiger partial charge in [0.25, 0.3) is 5.91 Å². The zero-order chi connectivity index (χ0) is 15.4. The Labute approximate surface area is 126 Å². The van der Waals surface area contributed by atoms with Crippen molar-refractivity contribution < 1.29 is 14.6 Å². The molecular formula is C17H25NO3. The third-order valence-electron chi connectivity index (χ3n) is 3.89. The molecule has 0 radical (unpaired) electrons. The zero-order valence-corrected chi connectivity index (χ0v) is 13.1. The second-order valence-corrected chi connectivity index (χ2v) is 6.11. The summed E-state index contributed by atoms with van der Waals surface area (Å²) in [6, 6.07) is 5.66. The number of carbonyl (C=O) groups is 1. The minimum Gasteiger partial charge on any atom is -0.481 e. The predicted octanol–water partition coefficient (Wildman–Crippen LogP) is 2.60. The largest absolute Gasteiger partial charge is 0.481 e. The number of hydrogen-bond acceptors (Lipinski definition) is 3. The van der Waals surface area contributed by atoms with Crippen molar-refractivity contribution in [2.75, 3.05) is 6.54 Å². The van der Waals surface area contributed by atoms with E-state index in [4.69, 9.17) is 4.74 Å². The van der Waals surface area contributed by atoms with Gasteiger partial charge in [-0.1, -0.05) is 26.0 Å². The Morgan fingerprint density at radius 1 is 1.43 bits per heavy atom. The second-order valence-electron chi connectivity index (χ2n) is 6.11. The standard InChI is InChI=1S/C17H25NO3/c1-11(2)9-10-18-17(20)12(3)21-16-6-4-5-13-14(16)7-8-15(13)19/h4-6,11-12,15,19H,7-10H2,1-3H3,(H,18,20). The number of rotatable bonds is 6. The van der Waals surface area contributed by atoms with E-state index < -0.39 is 12.2 Å². The van der Waals surface area contributed by atoms with E-state index in [9.17, 15) is 9.90 Å². The Balaban J connectivity index is 1.94. The lowest BCUT2D eigenvalue weighted by atomic mass is 10.1. The lowest BCUT2D eigenvalue weighted by molar-refractivity contribution is -0.127. The molecule has 1 amide bonds. The first-order valence-corrected chi connectivity index (χ1v) is 7.73. The fourth-order valence-electron chi connectivity index (χ4n) is 2.58. The van der Waals surface area contributed by atoms with Crippen molar-refractivity contribution in [1.29, 1.82) is 0 Å². The van der Waals surface area contributed by atoms with E-state index in [1.54, 1.807) is 6.92 Å². The maximum atomic E-state index is 12.0. The van der Waals surface area contributed by atoms with Crippen LogP contribution in [0.15, 0.2) is 18.2 Å². The van der Waals surface area contributed by atoms with Crippen LogP contribution < -0.4 is 10.1 Å². The molecule has 4 heteroatoms. The maximum Gasteiger partial charge on any atom is 0.260 e. The first-order chi connectivity index (χ1) is 9.99. The first kappa shape index (κ1) is 15.8. The van der Waals surface area contributed by atoms with E-state index in [1.807, 2.05) is 18.2 Å². The van der Waals surface area contributed by atoms with Gasteiger partial charge >= 0.3 is 0 Å². The zero-order valence-electron chi connectivity index (χ0n) is 13.1. The maximum absolute atomic E-state index is 12.0. The number of carbonyl (C=O) groups excluding carboxylic acids is 1. The van der Waals surface area contributed by atoms with Crippen molar-refractivity contribution in [3.8, 4) is 5.75 Å². The Kier molecular flexibility index (Phi) is 5.23. The lowest BCUT2D eigenvalue weighted by Gasteiger charge is -2.17. The van der Waals surface area contributed by atoms with Crippen LogP contribution in [-0.4, -0.2) is 23.7 Å². The van der Waals surface area contributed by atoms with Gasteiger partial charge in [-0.2, -0.15) is 0 Å². The first-order valence-electron chi connectivity index (χ1n) is 7.73. The van der Waals surface area contributed by atoms with Gasteiger partial charge in [-0.25, -0.2) is 0 Å². The topological polar surface area (TPSA) is 58.6 Å². The number of aliphatic hydroxyl groups excluding tert-OH is 1. The van der Waals surface area contributed by atoms with Crippen molar-refractivity contribution in [3.63, 3.8) is 0 Å². The summed E-state index contributed by atoms with van der Waals surface area (Å²) < 4.78 is 5.80. The molecule has 0 aromatic heterocycles. The van der Waals surface area contributed by atoms with Gasteiger partial charge in [0.15, 0.2) is 6.10 Å². The van der Waals surface area contributed by atoms with Gasteiger partial charge in [0.05, 0.1) is 6.10 Å². The number of ether oxygens (including phenoxy) is 1. The molecule has 0 saturated carbocycles. The molecule has 21 heavy (non-hydrogen) atoms. The Hall–Kier alpha value is -1.55. The average molecular weight is 291 g/mol. The molecule has 0 saturated heterocycles. The van der Waals surface area contributed by atoms with E-state index in [2.05, 4.69) is 19.2 Å². The molecule has 0 heterocycles. The molecule has 0 bridgehead atoms. The fraction of sp³-hybridized carbons (Fsp3) is 0.588. The molecule has 1 aromatic rings. The molecule has 2 N–H and O–H groups in total. The summed E-state index contributed by atoms with van der Waals surface area (Å²) >= 11 is 0. The van der Waals surface area contributed by atoms with Gasteiger partial charge < -0.3 is 15.2 Å². The lowest BCUT2D eigenvalue weighted by Crippen LogP contribution is -2.37. The number of hydrogen-bond donors (Lipinski definition) is 2. The van der Waals surface area contributed by atoms with Crippen LogP contribution in [0.3, 0.4) is 0 Å². The summed E-state index contributed by atoms with van der Waals surface area (Å²) in [7, 11) is 0. The minimum atomic E-state index is -0.526. The Bertz CT molecular complexity index is 499. The summed E-state index contributed by atoms with van der Waals surface area (Å²) in [5.74, 6) is 1.20. The third-order valence-corrected chi connectivity index (χ3v) is 3.89. The highest BCUT2D eigenvalue weighted by Crippen LogP contribution is 2.37. The van der Waals surface area contributed by atoms with Crippen LogP contribution in [0.25, 0.3) is 0 Å². The molecule has 116 valence electrons. The SMILES string of the molecule is CC(C)CCNC(=O)C(C)Oc1cccc2c1CCC2O. The quantitative estimate of drug-likeness (QED) is 0.847. The summed E-state index contributed by atoms with van der Waals surface area (Å²) in [5.41, 5.74) is 1.96. The van der Waals surface area contributed by atoms with E-state index in [0.29, 0.717) is 12.5 Å². The van der Waals surface area contributed by atoms with Gasteiger partial charge in [0.2, 0.25) is 0 Å². The van der Waals surface area contributed by atoms with Crippen LogP contribution in [0.4, 0.5) is 0 Å². The van der Waals surface area contributed by atoms with Crippen molar-refractivity contribution in [3.05, 3.63) is 29.3 Å². The highest BCUT2D eigenvalue weighted by Gasteiger charge is 2.25. The van der Waals surface area contributed by atoms with Gasteiger partial charge in [-0.3, -0.25) is 4.79 Å². The molecule has 0 aliphatic heterocycles. The molecule has 1 aliphatic carbocycles. The molecule has 2 unspecified atom stereocenters. The molecule has 0 spiro atoms. The molecule has 2 atom stereocenters. The third kappa shape index (κ3) is 3.97. The van der Waals surface area contributed by atoms with Crippen molar-refractivity contribution in [2.24, 2.45) is 5.92 Å². The van der Waals surface area contributed by atoms with Crippen LogP contribution >= 0.6 is 0 Å². The van der Waals surface area contributed by atoms with Crippen molar-refractivity contribution in [2.45, 2.75) is 52.2 Å². The van der Waals surface area contributed by atoms with Crippen molar-refractivity contribution >= 4 is 5.91 Å². The van der Waals surface area contributed by atoms with Crippen LogP contribution in [0.5, 0.6) is 5.75 Å². The number of aliphatic hydroxyl groups is 1. The van der Waals surface area contributed by atoms with Crippen LogP contribution in [0.2, 0.25) is 0 Å². The normalized spacial score (nSPS) is 18.4. The van der Waals surface area contributed by atoms with E-state index in [1.165, 1.54) is 0 Å².